The topological polar surface area (TPSA) is 47.6 Å². The fourth-order valence-corrected chi connectivity index (χ4v) is 3.04. The van der Waals surface area contributed by atoms with Crippen LogP contribution in [0.1, 0.15) is 25.3 Å². The summed E-state index contributed by atoms with van der Waals surface area (Å²) in [6, 6.07) is 5.93. The zero-order chi connectivity index (χ0) is 13.3. The molecule has 3 rings (SSSR count). The Bertz CT molecular complexity index is 492. The molecule has 0 atom stereocenters. The minimum atomic E-state index is -0.360. The molecule has 0 amide bonds. The molecule has 1 aromatic carbocycles. The largest absolute Gasteiger partial charge is 0.486 e. The third-order valence-corrected chi connectivity index (χ3v) is 4.23. The molecule has 102 valence electrons. The Morgan fingerprint density at radius 1 is 1.16 bits per heavy atom. The third kappa shape index (κ3) is 2.10. The molecule has 0 aliphatic carbocycles. The molecule has 19 heavy (non-hydrogen) atoms. The van der Waals surface area contributed by atoms with Gasteiger partial charge in [0.1, 0.15) is 19.0 Å². The number of nitrogens with one attached hydrogen (secondary N) is 1. The summed E-state index contributed by atoms with van der Waals surface area (Å²) >= 11 is 0. The number of hydrogen-bond donors (Lipinski definition) is 1. The van der Waals surface area contributed by atoms with Crippen LogP contribution in [0.2, 0.25) is 0 Å². The summed E-state index contributed by atoms with van der Waals surface area (Å²) in [5.74, 6) is 1.79. The Kier molecular flexibility index (Phi) is 3.19. The first-order valence-corrected chi connectivity index (χ1v) is 6.84. The molecule has 2 aliphatic rings. The van der Waals surface area contributed by atoms with E-state index in [0.29, 0.717) is 13.2 Å². The van der Waals surface area contributed by atoms with Crippen molar-refractivity contribution in [1.29, 1.82) is 0 Å². The molecular formula is C15H19NO3. The molecule has 0 saturated carbocycles. The van der Waals surface area contributed by atoms with Gasteiger partial charge >= 0.3 is 0 Å². The highest BCUT2D eigenvalue weighted by Gasteiger charge is 2.39. The molecule has 2 heterocycles. The molecule has 1 saturated heterocycles. The van der Waals surface area contributed by atoms with Crippen molar-refractivity contribution in [1.82, 2.24) is 5.32 Å². The number of piperidine rings is 1. The Balaban J connectivity index is 2.01. The first kappa shape index (κ1) is 12.5. The highest BCUT2D eigenvalue weighted by atomic mass is 16.6. The Labute approximate surface area is 113 Å². The molecule has 4 nitrogen and oxygen atoms in total. The van der Waals surface area contributed by atoms with Crippen LogP contribution in [-0.2, 0) is 10.2 Å². The molecule has 0 aromatic heterocycles. The number of ether oxygens (including phenoxy) is 2. The Morgan fingerprint density at radius 2 is 1.84 bits per heavy atom. The number of ketones is 1. The molecule has 1 fully saturated rings. The standard InChI is InChI=1S/C15H19NO3/c1-11(17)15(4-6-16-7-5-15)12-2-3-13-14(10-12)19-9-8-18-13/h2-3,10,16H,4-9H2,1H3. The van der Waals surface area contributed by atoms with Crippen molar-refractivity contribution in [2.75, 3.05) is 26.3 Å². The molecule has 0 bridgehead atoms. The van der Waals surface area contributed by atoms with Crippen LogP contribution in [0.4, 0.5) is 0 Å². The smallest absolute Gasteiger partial charge is 0.161 e. The second-order valence-electron chi connectivity index (χ2n) is 5.25. The number of carbonyl (C=O) groups excluding carboxylic acids is 1. The molecule has 1 N–H and O–H groups in total. The van der Waals surface area contributed by atoms with E-state index < -0.39 is 0 Å². The number of Topliss-reactive ketones (excluding diaryl/α,β-unsaturated/α-hetero) is 1. The molecule has 0 radical (unpaired) electrons. The zero-order valence-corrected chi connectivity index (χ0v) is 11.2. The van der Waals surface area contributed by atoms with E-state index in [1.807, 2.05) is 18.2 Å². The van der Waals surface area contributed by atoms with Crippen LogP contribution in [0, 0.1) is 0 Å². The lowest BCUT2D eigenvalue weighted by atomic mass is 9.70. The van der Waals surface area contributed by atoms with E-state index in [4.69, 9.17) is 9.47 Å². The molecule has 0 unspecified atom stereocenters. The van der Waals surface area contributed by atoms with Crippen LogP contribution >= 0.6 is 0 Å². The highest BCUT2D eigenvalue weighted by molar-refractivity contribution is 5.88. The van der Waals surface area contributed by atoms with Crippen LogP contribution in [0.25, 0.3) is 0 Å². The number of fused-ring (bicyclic) bond motifs is 1. The normalized spacial score (nSPS) is 20.9. The van der Waals surface area contributed by atoms with E-state index in [-0.39, 0.29) is 11.2 Å². The summed E-state index contributed by atoms with van der Waals surface area (Å²) in [4.78, 5) is 12.2. The van der Waals surface area contributed by atoms with Gasteiger partial charge in [-0.15, -0.1) is 0 Å². The van der Waals surface area contributed by atoms with Crippen LogP contribution in [0.5, 0.6) is 11.5 Å². The van der Waals surface area contributed by atoms with Gasteiger partial charge in [-0.3, -0.25) is 4.79 Å². The van der Waals surface area contributed by atoms with Gasteiger partial charge in [0.15, 0.2) is 11.5 Å². The minimum Gasteiger partial charge on any atom is -0.486 e. The average molecular weight is 261 g/mol. The second kappa shape index (κ2) is 4.85. The molecule has 0 spiro atoms. The predicted octanol–water partition coefficient (Wildman–Crippen LogP) is 1.67. The van der Waals surface area contributed by atoms with E-state index >= 15 is 0 Å². The van der Waals surface area contributed by atoms with Gasteiger partial charge in [-0.05, 0) is 50.6 Å². The monoisotopic (exact) mass is 261 g/mol. The summed E-state index contributed by atoms with van der Waals surface area (Å²) in [6.45, 7) is 4.63. The summed E-state index contributed by atoms with van der Waals surface area (Å²) in [5, 5.41) is 3.32. The Hall–Kier alpha value is -1.55. The van der Waals surface area contributed by atoms with E-state index in [1.165, 1.54) is 0 Å². The highest BCUT2D eigenvalue weighted by Crippen LogP contribution is 2.39. The van der Waals surface area contributed by atoms with Crippen molar-refractivity contribution in [2.45, 2.75) is 25.2 Å². The van der Waals surface area contributed by atoms with Gasteiger partial charge in [-0.25, -0.2) is 0 Å². The van der Waals surface area contributed by atoms with Crippen molar-refractivity contribution in [3.63, 3.8) is 0 Å². The van der Waals surface area contributed by atoms with Crippen molar-refractivity contribution in [3.05, 3.63) is 23.8 Å². The van der Waals surface area contributed by atoms with Gasteiger partial charge in [0, 0.05) is 0 Å². The van der Waals surface area contributed by atoms with Crippen molar-refractivity contribution in [3.8, 4) is 11.5 Å². The quantitative estimate of drug-likeness (QED) is 0.879. The number of hydrogen-bond acceptors (Lipinski definition) is 4. The van der Waals surface area contributed by atoms with Gasteiger partial charge in [0.25, 0.3) is 0 Å². The fourth-order valence-electron chi connectivity index (χ4n) is 3.04. The predicted molar refractivity (Wildman–Crippen MR) is 71.9 cm³/mol. The van der Waals surface area contributed by atoms with Gasteiger partial charge in [0.2, 0.25) is 0 Å². The second-order valence-corrected chi connectivity index (χ2v) is 5.25. The van der Waals surface area contributed by atoms with Gasteiger partial charge < -0.3 is 14.8 Å². The molecular weight excluding hydrogens is 242 g/mol. The number of carbonyl (C=O) groups is 1. The van der Waals surface area contributed by atoms with Gasteiger partial charge in [0.05, 0.1) is 5.41 Å². The third-order valence-electron chi connectivity index (χ3n) is 4.23. The van der Waals surface area contributed by atoms with Crippen molar-refractivity contribution >= 4 is 5.78 Å². The molecule has 1 aromatic rings. The lowest BCUT2D eigenvalue weighted by Gasteiger charge is -2.36. The number of benzene rings is 1. The van der Waals surface area contributed by atoms with Gasteiger partial charge in [-0.1, -0.05) is 6.07 Å². The van der Waals surface area contributed by atoms with Crippen LogP contribution in [0.3, 0.4) is 0 Å². The van der Waals surface area contributed by atoms with Crippen molar-refractivity contribution in [2.24, 2.45) is 0 Å². The average Bonchev–Trinajstić information content (AvgIpc) is 2.47. The van der Waals surface area contributed by atoms with Crippen LogP contribution < -0.4 is 14.8 Å². The lowest BCUT2D eigenvalue weighted by molar-refractivity contribution is -0.123. The fraction of sp³-hybridized carbons (Fsp3) is 0.533. The van der Waals surface area contributed by atoms with Crippen LogP contribution in [-0.4, -0.2) is 32.1 Å². The maximum atomic E-state index is 12.2. The van der Waals surface area contributed by atoms with E-state index in [0.717, 1.165) is 43.0 Å². The zero-order valence-electron chi connectivity index (χ0n) is 11.2. The first-order chi connectivity index (χ1) is 9.22. The summed E-state index contributed by atoms with van der Waals surface area (Å²) in [5.41, 5.74) is 0.701. The van der Waals surface area contributed by atoms with Crippen LogP contribution in [0.15, 0.2) is 18.2 Å². The van der Waals surface area contributed by atoms with Gasteiger partial charge in [-0.2, -0.15) is 0 Å². The SMILES string of the molecule is CC(=O)C1(c2ccc3c(c2)OCCO3)CCNCC1. The first-order valence-electron chi connectivity index (χ1n) is 6.84. The maximum Gasteiger partial charge on any atom is 0.161 e. The summed E-state index contributed by atoms with van der Waals surface area (Å²) in [7, 11) is 0. The molecule has 2 aliphatic heterocycles. The maximum absolute atomic E-state index is 12.2. The Morgan fingerprint density at radius 3 is 2.53 bits per heavy atom. The minimum absolute atomic E-state index is 0.241. The van der Waals surface area contributed by atoms with E-state index in [9.17, 15) is 4.79 Å². The summed E-state index contributed by atoms with van der Waals surface area (Å²) < 4.78 is 11.2. The van der Waals surface area contributed by atoms with Crippen molar-refractivity contribution < 1.29 is 14.3 Å². The van der Waals surface area contributed by atoms with E-state index in [1.54, 1.807) is 6.92 Å². The lowest BCUT2D eigenvalue weighted by Crippen LogP contribution is -2.44. The summed E-state index contributed by atoms with van der Waals surface area (Å²) in [6.07, 6.45) is 1.70. The number of rotatable bonds is 2. The van der Waals surface area contributed by atoms with E-state index in [2.05, 4.69) is 5.32 Å². The molecule has 4 heteroatoms.